The van der Waals surface area contributed by atoms with E-state index in [1.165, 1.54) is 6.20 Å². The third kappa shape index (κ3) is 3.40. The Hall–Kier alpha value is -1.78. The van der Waals surface area contributed by atoms with E-state index in [9.17, 15) is 4.79 Å². The maximum absolute atomic E-state index is 11.8. The molecule has 1 heterocycles. The second-order valence-corrected chi connectivity index (χ2v) is 5.30. The van der Waals surface area contributed by atoms with E-state index >= 15 is 0 Å². The smallest absolute Gasteiger partial charge is 0.340 e. The van der Waals surface area contributed by atoms with Crippen LogP contribution in [0.2, 0.25) is 0 Å². The van der Waals surface area contributed by atoms with Crippen molar-refractivity contribution in [3.05, 3.63) is 17.8 Å². The first-order chi connectivity index (χ1) is 9.61. The predicted molar refractivity (Wildman–Crippen MR) is 76.7 cm³/mol. The zero-order chi connectivity index (χ0) is 14.5. The van der Waals surface area contributed by atoms with E-state index in [2.05, 4.69) is 11.9 Å². The Labute approximate surface area is 119 Å². The quantitative estimate of drug-likeness (QED) is 0.857. The molecule has 1 aliphatic carbocycles. The molecule has 0 aromatic carbocycles. The zero-order valence-electron chi connectivity index (χ0n) is 12.1. The van der Waals surface area contributed by atoms with Gasteiger partial charge in [-0.15, -0.1) is 0 Å². The van der Waals surface area contributed by atoms with Crippen LogP contribution in [0.4, 0.5) is 5.69 Å². The van der Waals surface area contributed by atoms with Crippen LogP contribution >= 0.6 is 0 Å². The fourth-order valence-electron chi connectivity index (χ4n) is 2.44. The SMILES string of the molecule is CCOC(=O)c1ccnc(OC2CCC(C)CC2)c1N. The van der Waals surface area contributed by atoms with Crippen LogP contribution in [0.15, 0.2) is 12.3 Å². The molecule has 0 aliphatic heterocycles. The fourth-order valence-corrected chi connectivity index (χ4v) is 2.44. The summed E-state index contributed by atoms with van der Waals surface area (Å²) < 4.78 is 10.8. The molecular formula is C15H22N2O3. The first-order valence-electron chi connectivity index (χ1n) is 7.20. The minimum absolute atomic E-state index is 0.137. The second kappa shape index (κ2) is 6.59. The molecular weight excluding hydrogens is 256 g/mol. The number of nitrogens with zero attached hydrogens (tertiary/aromatic N) is 1. The number of carbonyl (C=O) groups is 1. The lowest BCUT2D eigenvalue weighted by Crippen LogP contribution is -2.24. The largest absolute Gasteiger partial charge is 0.473 e. The molecule has 1 saturated carbocycles. The van der Waals surface area contributed by atoms with E-state index in [1.807, 2.05) is 0 Å². The lowest BCUT2D eigenvalue weighted by atomic mass is 9.89. The van der Waals surface area contributed by atoms with Crippen molar-refractivity contribution in [3.8, 4) is 5.88 Å². The minimum atomic E-state index is -0.436. The lowest BCUT2D eigenvalue weighted by molar-refractivity contribution is 0.0526. The average molecular weight is 278 g/mol. The average Bonchev–Trinajstić information content (AvgIpc) is 2.44. The number of esters is 1. The van der Waals surface area contributed by atoms with Gasteiger partial charge in [-0.1, -0.05) is 6.92 Å². The Bertz CT molecular complexity index is 468. The van der Waals surface area contributed by atoms with Crippen molar-refractivity contribution in [1.82, 2.24) is 4.98 Å². The van der Waals surface area contributed by atoms with Crippen molar-refractivity contribution in [1.29, 1.82) is 0 Å². The fraction of sp³-hybridized carbons (Fsp3) is 0.600. The van der Waals surface area contributed by atoms with Crippen LogP contribution < -0.4 is 10.5 Å². The van der Waals surface area contributed by atoms with Gasteiger partial charge in [0.05, 0.1) is 12.2 Å². The Balaban J connectivity index is 2.08. The van der Waals surface area contributed by atoms with Gasteiger partial charge in [0, 0.05) is 6.20 Å². The summed E-state index contributed by atoms with van der Waals surface area (Å²) in [5, 5.41) is 0. The highest BCUT2D eigenvalue weighted by molar-refractivity contribution is 5.96. The third-order valence-corrected chi connectivity index (χ3v) is 3.69. The number of rotatable bonds is 4. The Morgan fingerprint density at radius 3 is 2.75 bits per heavy atom. The minimum Gasteiger partial charge on any atom is -0.473 e. The molecule has 0 saturated heterocycles. The van der Waals surface area contributed by atoms with Gasteiger partial charge in [-0.05, 0) is 44.6 Å². The van der Waals surface area contributed by atoms with Crippen molar-refractivity contribution in [2.75, 3.05) is 12.3 Å². The number of anilines is 1. The molecule has 0 amide bonds. The van der Waals surface area contributed by atoms with Gasteiger partial charge in [0.15, 0.2) is 0 Å². The van der Waals surface area contributed by atoms with Gasteiger partial charge >= 0.3 is 5.97 Å². The maximum Gasteiger partial charge on any atom is 0.340 e. The van der Waals surface area contributed by atoms with E-state index in [-0.39, 0.29) is 11.8 Å². The molecule has 5 nitrogen and oxygen atoms in total. The van der Waals surface area contributed by atoms with Gasteiger partial charge in [0.25, 0.3) is 0 Å². The molecule has 0 bridgehead atoms. The summed E-state index contributed by atoms with van der Waals surface area (Å²) in [7, 11) is 0. The van der Waals surface area contributed by atoms with E-state index in [0.29, 0.717) is 18.1 Å². The normalized spacial score (nSPS) is 22.3. The first kappa shape index (κ1) is 14.6. The monoisotopic (exact) mass is 278 g/mol. The summed E-state index contributed by atoms with van der Waals surface area (Å²) in [5.74, 6) is 0.663. The molecule has 0 atom stereocenters. The first-order valence-corrected chi connectivity index (χ1v) is 7.20. The van der Waals surface area contributed by atoms with Crippen LogP contribution in [-0.2, 0) is 4.74 Å². The number of pyridine rings is 1. The highest BCUT2D eigenvalue weighted by Crippen LogP contribution is 2.30. The van der Waals surface area contributed by atoms with Crippen molar-refractivity contribution in [2.45, 2.75) is 45.6 Å². The van der Waals surface area contributed by atoms with Crippen LogP contribution in [0.25, 0.3) is 0 Å². The molecule has 1 aliphatic rings. The van der Waals surface area contributed by atoms with Gasteiger partial charge in [-0.2, -0.15) is 0 Å². The van der Waals surface area contributed by atoms with Gasteiger partial charge in [-0.25, -0.2) is 9.78 Å². The van der Waals surface area contributed by atoms with Crippen molar-refractivity contribution in [2.24, 2.45) is 5.92 Å². The molecule has 1 aromatic rings. The Morgan fingerprint density at radius 2 is 2.10 bits per heavy atom. The van der Waals surface area contributed by atoms with Crippen molar-refractivity contribution >= 4 is 11.7 Å². The summed E-state index contributed by atoms with van der Waals surface area (Å²) in [4.78, 5) is 15.9. The molecule has 2 N–H and O–H groups in total. The highest BCUT2D eigenvalue weighted by Gasteiger charge is 2.22. The topological polar surface area (TPSA) is 74.4 Å². The van der Waals surface area contributed by atoms with E-state index in [4.69, 9.17) is 15.2 Å². The van der Waals surface area contributed by atoms with Crippen LogP contribution in [0, 0.1) is 5.92 Å². The number of hydrogen-bond acceptors (Lipinski definition) is 5. The number of aromatic nitrogens is 1. The van der Waals surface area contributed by atoms with Gasteiger partial charge in [0.1, 0.15) is 11.8 Å². The van der Waals surface area contributed by atoms with E-state index in [0.717, 1.165) is 31.6 Å². The van der Waals surface area contributed by atoms with Gasteiger partial charge < -0.3 is 15.2 Å². The molecule has 0 unspecified atom stereocenters. The predicted octanol–water partition coefficient (Wildman–Crippen LogP) is 2.80. The zero-order valence-corrected chi connectivity index (χ0v) is 12.1. The number of carbonyl (C=O) groups excluding carboxylic acids is 1. The molecule has 1 fully saturated rings. The number of nitrogens with two attached hydrogens (primary N) is 1. The maximum atomic E-state index is 11.8. The summed E-state index contributed by atoms with van der Waals surface area (Å²) in [5.41, 5.74) is 6.56. The number of nitrogen functional groups attached to an aromatic ring is 1. The highest BCUT2D eigenvalue weighted by atomic mass is 16.5. The second-order valence-electron chi connectivity index (χ2n) is 5.30. The number of ether oxygens (including phenoxy) is 2. The van der Waals surface area contributed by atoms with E-state index < -0.39 is 5.97 Å². The third-order valence-electron chi connectivity index (χ3n) is 3.69. The summed E-state index contributed by atoms with van der Waals surface area (Å²) in [6, 6.07) is 1.56. The molecule has 110 valence electrons. The van der Waals surface area contributed by atoms with Crippen LogP contribution in [-0.4, -0.2) is 23.7 Å². The summed E-state index contributed by atoms with van der Waals surface area (Å²) >= 11 is 0. The molecule has 0 radical (unpaired) electrons. The summed E-state index contributed by atoms with van der Waals surface area (Å²) in [6.45, 7) is 4.33. The molecule has 20 heavy (non-hydrogen) atoms. The van der Waals surface area contributed by atoms with Gasteiger partial charge in [0.2, 0.25) is 5.88 Å². The summed E-state index contributed by atoms with van der Waals surface area (Å²) in [6.07, 6.45) is 5.99. The van der Waals surface area contributed by atoms with Crippen LogP contribution in [0.5, 0.6) is 5.88 Å². The van der Waals surface area contributed by atoms with E-state index in [1.54, 1.807) is 13.0 Å². The van der Waals surface area contributed by atoms with Crippen LogP contribution in [0.3, 0.4) is 0 Å². The van der Waals surface area contributed by atoms with Crippen LogP contribution in [0.1, 0.15) is 49.9 Å². The Kier molecular flexibility index (Phi) is 4.82. The Morgan fingerprint density at radius 1 is 1.40 bits per heavy atom. The molecule has 1 aromatic heterocycles. The van der Waals surface area contributed by atoms with Crippen molar-refractivity contribution < 1.29 is 14.3 Å². The number of hydrogen-bond donors (Lipinski definition) is 1. The molecule has 5 heteroatoms. The molecule has 2 rings (SSSR count). The standard InChI is InChI=1S/C15H22N2O3/c1-3-19-15(18)12-8-9-17-14(13(12)16)20-11-6-4-10(2)5-7-11/h8-11H,3-7,16H2,1-2H3. The van der Waals surface area contributed by atoms with Crippen molar-refractivity contribution in [3.63, 3.8) is 0 Å². The molecule has 0 spiro atoms. The lowest BCUT2D eigenvalue weighted by Gasteiger charge is -2.26. The van der Waals surface area contributed by atoms with Gasteiger partial charge in [-0.3, -0.25) is 0 Å².